The number of nitrogens with one attached hydrogen (secondary N) is 1. The highest BCUT2D eigenvalue weighted by Crippen LogP contribution is 2.28. The Balaban J connectivity index is 2.24. The van der Waals surface area contributed by atoms with Crippen molar-refractivity contribution in [2.45, 2.75) is 46.1 Å². The Hall–Kier alpha value is -1.26. The molecule has 0 saturated heterocycles. The number of hydrogen-bond donors (Lipinski definition) is 1. The number of ether oxygens (including phenoxy) is 1. The first-order valence-corrected chi connectivity index (χ1v) is 6.91. The fourth-order valence-corrected chi connectivity index (χ4v) is 1.71. The van der Waals surface area contributed by atoms with Gasteiger partial charge in [0, 0.05) is 26.1 Å². The van der Waals surface area contributed by atoms with Gasteiger partial charge in [-0.2, -0.15) is 0 Å². The van der Waals surface area contributed by atoms with Crippen molar-refractivity contribution in [3.63, 3.8) is 0 Å². The molecular formula is C14H26N2O3. The molecule has 0 aromatic rings. The van der Waals surface area contributed by atoms with Crippen molar-refractivity contribution >= 4 is 12.0 Å². The van der Waals surface area contributed by atoms with Gasteiger partial charge in [-0.15, -0.1) is 0 Å². The van der Waals surface area contributed by atoms with E-state index in [1.807, 2.05) is 27.7 Å². The number of carbonyl (C=O) groups excluding carboxylic acids is 2. The van der Waals surface area contributed by atoms with Gasteiger partial charge in [-0.3, -0.25) is 4.79 Å². The van der Waals surface area contributed by atoms with Crippen molar-refractivity contribution in [3.05, 3.63) is 0 Å². The van der Waals surface area contributed by atoms with Crippen LogP contribution in [0, 0.1) is 11.8 Å². The van der Waals surface area contributed by atoms with Crippen LogP contribution in [0.25, 0.3) is 0 Å². The quantitative estimate of drug-likeness (QED) is 0.831. The minimum atomic E-state index is -0.477. The molecule has 5 heteroatoms. The maximum Gasteiger partial charge on any atom is 0.410 e. The zero-order chi connectivity index (χ0) is 14.6. The molecule has 1 fully saturated rings. The molecule has 110 valence electrons. The first-order valence-electron chi connectivity index (χ1n) is 6.91. The molecule has 0 unspecified atom stereocenters. The average Bonchev–Trinajstić information content (AvgIpc) is 3.07. The highest BCUT2D eigenvalue weighted by molar-refractivity contribution is 5.80. The summed E-state index contributed by atoms with van der Waals surface area (Å²) < 4.78 is 5.27. The lowest BCUT2D eigenvalue weighted by Gasteiger charge is -2.26. The van der Waals surface area contributed by atoms with E-state index in [4.69, 9.17) is 4.74 Å². The first-order chi connectivity index (χ1) is 8.69. The maximum absolute atomic E-state index is 11.8. The summed E-state index contributed by atoms with van der Waals surface area (Å²) in [7, 11) is 1.72. The summed E-state index contributed by atoms with van der Waals surface area (Å²) in [4.78, 5) is 24.8. The summed E-state index contributed by atoms with van der Waals surface area (Å²) in [6, 6.07) is 0. The van der Waals surface area contributed by atoms with Crippen LogP contribution in [0.15, 0.2) is 0 Å². The van der Waals surface area contributed by atoms with Crippen LogP contribution in [-0.4, -0.2) is 42.6 Å². The van der Waals surface area contributed by atoms with Crippen LogP contribution in [0.2, 0.25) is 0 Å². The van der Waals surface area contributed by atoms with Gasteiger partial charge in [-0.25, -0.2) is 4.79 Å². The van der Waals surface area contributed by atoms with Crippen molar-refractivity contribution in [2.75, 3.05) is 20.1 Å². The van der Waals surface area contributed by atoms with Crippen LogP contribution in [0.4, 0.5) is 4.79 Å². The number of carbonyl (C=O) groups is 2. The molecule has 5 nitrogen and oxygen atoms in total. The van der Waals surface area contributed by atoms with Gasteiger partial charge >= 0.3 is 6.09 Å². The Morgan fingerprint density at radius 2 is 1.95 bits per heavy atom. The standard InChI is InChI=1S/C14H26N2O3/c1-10(8-15-12(17)11-6-7-11)9-16(5)13(18)19-14(2,3)4/h10-11H,6-9H2,1-5H3,(H,15,17)/t10-/m1/s1. The molecule has 1 saturated carbocycles. The third-order valence-electron chi connectivity index (χ3n) is 2.86. The van der Waals surface area contributed by atoms with Gasteiger partial charge in [-0.05, 0) is 39.5 Å². The molecule has 1 rings (SSSR count). The van der Waals surface area contributed by atoms with Gasteiger partial charge in [0.25, 0.3) is 0 Å². The van der Waals surface area contributed by atoms with Gasteiger partial charge in [0.2, 0.25) is 5.91 Å². The topological polar surface area (TPSA) is 58.6 Å². The average molecular weight is 270 g/mol. The van der Waals surface area contributed by atoms with Gasteiger partial charge in [0.1, 0.15) is 5.60 Å². The number of rotatable bonds is 5. The minimum Gasteiger partial charge on any atom is -0.444 e. The predicted octanol–water partition coefficient (Wildman–Crippen LogP) is 2.02. The first kappa shape index (κ1) is 15.8. The van der Waals surface area contributed by atoms with Crippen LogP contribution >= 0.6 is 0 Å². The van der Waals surface area contributed by atoms with Gasteiger partial charge in [-0.1, -0.05) is 6.92 Å². The van der Waals surface area contributed by atoms with E-state index in [-0.39, 0.29) is 23.8 Å². The monoisotopic (exact) mass is 270 g/mol. The SMILES string of the molecule is C[C@H](CNC(=O)C1CC1)CN(C)C(=O)OC(C)(C)C. The van der Waals surface area contributed by atoms with Crippen LogP contribution in [0.1, 0.15) is 40.5 Å². The van der Waals surface area contributed by atoms with Gasteiger partial charge in [0.15, 0.2) is 0 Å². The second kappa shape index (κ2) is 6.26. The number of hydrogen-bond acceptors (Lipinski definition) is 3. The normalized spacial score (nSPS) is 16.7. The molecule has 1 N–H and O–H groups in total. The Bertz CT molecular complexity index is 332. The van der Waals surface area contributed by atoms with E-state index < -0.39 is 5.60 Å². The number of amides is 2. The molecular weight excluding hydrogens is 244 g/mol. The molecule has 0 aliphatic heterocycles. The third kappa shape index (κ3) is 6.45. The van der Waals surface area contributed by atoms with E-state index in [1.165, 1.54) is 0 Å². The van der Waals surface area contributed by atoms with Crippen LogP contribution < -0.4 is 5.32 Å². The molecule has 0 heterocycles. The zero-order valence-electron chi connectivity index (χ0n) is 12.7. The van der Waals surface area contributed by atoms with E-state index in [9.17, 15) is 9.59 Å². The van der Waals surface area contributed by atoms with Crippen molar-refractivity contribution in [2.24, 2.45) is 11.8 Å². The fourth-order valence-electron chi connectivity index (χ4n) is 1.71. The van der Waals surface area contributed by atoms with E-state index >= 15 is 0 Å². The van der Waals surface area contributed by atoms with Crippen molar-refractivity contribution in [1.29, 1.82) is 0 Å². The summed E-state index contributed by atoms with van der Waals surface area (Å²) in [5.74, 6) is 0.586. The van der Waals surface area contributed by atoms with Crippen molar-refractivity contribution in [3.8, 4) is 0 Å². The van der Waals surface area contributed by atoms with Gasteiger partial charge < -0.3 is 15.0 Å². The van der Waals surface area contributed by atoms with E-state index in [1.54, 1.807) is 11.9 Å². The largest absolute Gasteiger partial charge is 0.444 e. The highest BCUT2D eigenvalue weighted by Gasteiger charge is 2.29. The van der Waals surface area contributed by atoms with Crippen molar-refractivity contribution < 1.29 is 14.3 Å². The van der Waals surface area contributed by atoms with Crippen LogP contribution in [-0.2, 0) is 9.53 Å². The summed E-state index contributed by atoms with van der Waals surface area (Å²) in [6.07, 6.45) is 1.70. The van der Waals surface area contributed by atoms with E-state index in [0.717, 1.165) is 12.8 Å². The molecule has 1 atom stereocenters. The predicted molar refractivity (Wildman–Crippen MR) is 73.8 cm³/mol. The molecule has 2 amide bonds. The summed E-state index contributed by atoms with van der Waals surface area (Å²) in [5, 5.41) is 2.92. The maximum atomic E-state index is 11.8. The Kier molecular flexibility index (Phi) is 5.20. The van der Waals surface area contributed by atoms with Crippen molar-refractivity contribution in [1.82, 2.24) is 10.2 Å². The second-order valence-corrected chi connectivity index (χ2v) is 6.49. The summed E-state index contributed by atoms with van der Waals surface area (Å²) in [5.41, 5.74) is -0.477. The lowest BCUT2D eigenvalue weighted by Crippen LogP contribution is -2.39. The lowest BCUT2D eigenvalue weighted by molar-refractivity contribution is -0.122. The Morgan fingerprint density at radius 3 is 2.42 bits per heavy atom. The van der Waals surface area contributed by atoms with E-state index in [0.29, 0.717) is 13.1 Å². The smallest absolute Gasteiger partial charge is 0.410 e. The molecule has 19 heavy (non-hydrogen) atoms. The Morgan fingerprint density at radius 1 is 1.37 bits per heavy atom. The molecule has 0 bridgehead atoms. The molecule has 0 radical (unpaired) electrons. The van der Waals surface area contributed by atoms with Gasteiger partial charge in [0.05, 0.1) is 0 Å². The summed E-state index contributed by atoms with van der Waals surface area (Å²) in [6.45, 7) is 8.71. The summed E-state index contributed by atoms with van der Waals surface area (Å²) >= 11 is 0. The minimum absolute atomic E-state index is 0.145. The lowest BCUT2D eigenvalue weighted by atomic mass is 10.1. The Labute approximate surface area is 115 Å². The van der Waals surface area contributed by atoms with Crippen LogP contribution in [0.3, 0.4) is 0 Å². The third-order valence-corrected chi connectivity index (χ3v) is 2.86. The van der Waals surface area contributed by atoms with E-state index in [2.05, 4.69) is 5.32 Å². The molecule has 1 aliphatic rings. The molecule has 1 aliphatic carbocycles. The van der Waals surface area contributed by atoms with Crippen LogP contribution in [0.5, 0.6) is 0 Å². The molecule has 0 spiro atoms. The zero-order valence-corrected chi connectivity index (χ0v) is 12.7. The second-order valence-electron chi connectivity index (χ2n) is 6.49. The molecule has 0 aromatic heterocycles. The molecule has 0 aromatic carbocycles. The number of nitrogens with zero attached hydrogens (tertiary/aromatic N) is 1. The highest BCUT2D eigenvalue weighted by atomic mass is 16.6. The fraction of sp³-hybridized carbons (Fsp3) is 0.857.